The van der Waals surface area contributed by atoms with E-state index in [1.165, 1.54) is 6.92 Å². The lowest BCUT2D eigenvalue weighted by atomic mass is 9.76. The fourth-order valence-corrected chi connectivity index (χ4v) is 0. The van der Waals surface area contributed by atoms with Gasteiger partial charge in [-0.25, -0.2) is 0 Å². The predicted molar refractivity (Wildman–Crippen MR) is 40.2 cm³/mol. The molecule has 0 nitrogen and oxygen atoms in total. The number of rotatable bonds is 1. The van der Waals surface area contributed by atoms with Crippen LogP contribution in [-0.4, -0.2) is 24.7 Å². The van der Waals surface area contributed by atoms with Gasteiger partial charge in [0.1, 0.15) is 7.85 Å². The number of hydrogen-bond acceptors (Lipinski definition) is 0. The Morgan fingerprint density at radius 1 is 1.12 bits per heavy atom. The van der Waals surface area contributed by atoms with Crippen molar-refractivity contribution in [2.45, 2.75) is 15.9 Å². The Morgan fingerprint density at radius 3 is 1.25 bits per heavy atom. The summed E-state index contributed by atoms with van der Waals surface area (Å²) in [5.74, 6) is 0. The maximum Gasteiger partial charge on any atom is 0.120 e. The summed E-state index contributed by atoms with van der Waals surface area (Å²) in [5.41, 5.74) is 0. The number of hydrogen-bond donors (Lipinski definition) is 0. The molecule has 0 heterocycles. The maximum atomic E-state index is 5.40. The highest BCUT2D eigenvalue weighted by Crippen LogP contribution is 2.32. The molecule has 0 aliphatic rings. The van der Waals surface area contributed by atoms with Gasteiger partial charge < -0.3 is 0 Å². The molecule has 0 amide bonds. The van der Waals surface area contributed by atoms with Crippen molar-refractivity contribution in [2.75, 3.05) is 0 Å². The zero-order chi connectivity index (χ0) is 7.00. The highest BCUT2D eigenvalue weighted by Gasteiger charge is 2.33. The third-order valence-electron chi connectivity index (χ3n) is 0.652. The molecule has 0 spiro atoms. The molecule has 0 aromatic heterocycles. The van der Waals surface area contributed by atoms with Crippen LogP contribution < -0.4 is 0 Å². The van der Waals surface area contributed by atoms with Crippen LogP contribution in [0.15, 0.2) is 0 Å². The molecule has 42 valence electrons. The van der Waals surface area contributed by atoms with Gasteiger partial charge in [0.15, 0.2) is 0 Å². The lowest BCUT2D eigenvalue weighted by molar-refractivity contribution is 0.892. The van der Waals surface area contributed by atoms with Crippen LogP contribution in [0.3, 0.4) is 0 Å². The molecular formula is C3H3B2Cl3. The molecule has 0 aliphatic carbocycles. The molecule has 0 rings (SSSR count). The van der Waals surface area contributed by atoms with Gasteiger partial charge >= 0.3 is 0 Å². The fourth-order valence-electron chi connectivity index (χ4n) is 0. The van der Waals surface area contributed by atoms with Crippen LogP contribution in [-0.2, 0) is 0 Å². The lowest BCUT2D eigenvalue weighted by Crippen LogP contribution is -2.39. The molecular weight excluding hydrogens is 164 g/mol. The fraction of sp³-hybridized carbons (Fsp3) is 1.00. The zero-order valence-corrected chi connectivity index (χ0v) is 6.56. The molecule has 0 saturated carbocycles. The summed E-state index contributed by atoms with van der Waals surface area (Å²) < 4.78 is -2.86. The van der Waals surface area contributed by atoms with E-state index < -0.39 is 9.01 Å². The van der Waals surface area contributed by atoms with Crippen LogP contribution in [0.4, 0.5) is 0 Å². The summed E-state index contributed by atoms with van der Waals surface area (Å²) in [7, 11) is 10.3. The van der Waals surface area contributed by atoms with Gasteiger partial charge in [0.05, 0.1) is 12.1 Å². The average Bonchev–Trinajstić information content (AvgIpc) is 1.25. The molecule has 0 aliphatic heterocycles. The van der Waals surface area contributed by atoms with Gasteiger partial charge in [-0.1, -0.05) is 6.92 Å². The Kier molecular flexibility index (Phi) is 2.61. The summed E-state index contributed by atoms with van der Waals surface area (Å²) in [6.07, 6.45) is 0. The summed E-state index contributed by atoms with van der Waals surface area (Å²) in [4.78, 5) is 0. The van der Waals surface area contributed by atoms with Crippen LogP contribution in [0, 0.1) is 0 Å². The Morgan fingerprint density at radius 2 is 1.25 bits per heavy atom. The average molecular weight is 167 g/mol. The number of halogens is 3. The van der Waals surface area contributed by atoms with E-state index in [-0.39, 0.29) is 0 Å². The Labute approximate surface area is 66.7 Å². The molecule has 0 N–H and O–H groups in total. The van der Waals surface area contributed by atoms with E-state index in [1.807, 2.05) is 0 Å². The standard InChI is InChI=1S/C3H3B2Cl3/c1-2(4,6)3(5,7)8/h1H3. The smallest absolute Gasteiger partial charge is 0.120 e. The van der Waals surface area contributed by atoms with Gasteiger partial charge in [0.25, 0.3) is 0 Å². The van der Waals surface area contributed by atoms with E-state index in [0.717, 1.165) is 0 Å². The molecule has 0 bridgehead atoms. The van der Waals surface area contributed by atoms with Crippen LogP contribution >= 0.6 is 34.8 Å². The van der Waals surface area contributed by atoms with Gasteiger partial charge in [-0.15, -0.1) is 34.8 Å². The van der Waals surface area contributed by atoms with E-state index in [0.29, 0.717) is 0 Å². The van der Waals surface area contributed by atoms with Crippen LogP contribution in [0.25, 0.3) is 0 Å². The normalized spacial score (nSPS) is 20.0. The Balaban J connectivity index is 4.02. The molecule has 1 unspecified atom stereocenters. The van der Waals surface area contributed by atoms with Gasteiger partial charge in [0, 0.05) is 4.77 Å². The van der Waals surface area contributed by atoms with Crippen molar-refractivity contribution in [2.24, 2.45) is 0 Å². The summed E-state index contributed by atoms with van der Waals surface area (Å²) in [6.45, 7) is 1.43. The minimum Gasteiger partial charge on any atom is -0.128 e. The second kappa shape index (κ2) is 2.32. The van der Waals surface area contributed by atoms with Crippen molar-refractivity contribution in [3.05, 3.63) is 0 Å². The molecule has 5 heteroatoms. The first-order valence-corrected chi connectivity index (χ1v) is 3.03. The van der Waals surface area contributed by atoms with Crippen LogP contribution in [0.2, 0.25) is 0 Å². The van der Waals surface area contributed by atoms with Crippen molar-refractivity contribution < 1.29 is 0 Å². The largest absolute Gasteiger partial charge is 0.128 e. The molecule has 8 heavy (non-hydrogen) atoms. The first-order chi connectivity index (χ1) is 3.25. The molecule has 1 atom stereocenters. The SMILES string of the molecule is [B]C(C)(Cl)C([B])(Cl)Cl. The Hall–Kier alpha value is 1.000. The second-order valence-corrected chi connectivity index (χ2v) is 3.87. The highest BCUT2D eigenvalue weighted by molar-refractivity contribution is 6.72. The molecule has 4 radical (unpaired) electrons. The first-order valence-electron chi connectivity index (χ1n) is 1.89. The topological polar surface area (TPSA) is 0 Å². The minimum absolute atomic E-state index is 1.28. The second-order valence-electron chi connectivity index (χ2n) is 1.70. The van der Waals surface area contributed by atoms with E-state index in [9.17, 15) is 0 Å². The predicted octanol–water partition coefficient (Wildman–Crippen LogP) is 1.41. The van der Waals surface area contributed by atoms with Gasteiger partial charge in [0.2, 0.25) is 0 Å². The van der Waals surface area contributed by atoms with E-state index in [1.54, 1.807) is 0 Å². The highest BCUT2D eigenvalue weighted by atomic mass is 35.5. The summed E-state index contributed by atoms with van der Waals surface area (Å²) in [5, 5.41) is 0. The third-order valence-corrected chi connectivity index (χ3v) is 1.93. The molecule has 0 saturated heterocycles. The first kappa shape index (κ1) is 9.00. The van der Waals surface area contributed by atoms with Crippen molar-refractivity contribution in [1.82, 2.24) is 0 Å². The van der Waals surface area contributed by atoms with Crippen molar-refractivity contribution in [1.29, 1.82) is 0 Å². The quantitative estimate of drug-likeness (QED) is 0.409. The van der Waals surface area contributed by atoms with Crippen molar-refractivity contribution >= 4 is 50.5 Å². The van der Waals surface area contributed by atoms with E-state index in [4.69, 9.17) is 50.5 Å². The monoisotopic (exact) mass is 166 g/mol. The number of alkyl halides is 3. The van der Waals surface area contributed by atoms with Gasteiger partial charge in [-0.3, -0.25) is 0 Å². The summed E-state index contributed by atoms with van der Waals surface area (Å²) >= 11 is 16.0. The summed E-state index contributed by atoms with van der Waals surface area (Å²) in [6, 6.07) is 0. The van der Waals surface area contributed by atoms with Crippen molar-refractivity contribution in [3.63, 3.8) is 0 Å². The van der Waals surface area contributed by atoms with E-state index in [2.05, 4.69) is 0 Å². The zero-order valence-electron chi connectivity index (χ0n) is 4.29. The Bertz CT molecular complexity index is 67.5. The maximum absolute atomic E-state index is 5.40. The molecule has 0 aromatic rings. The lowest BCUT2D eigenvalue weighted by Gasteiger charge is -2.28. The molecule has 0 fully saturated rings. The van der Waals surface area contributed by atoms with Gasteiger partial charge in [-0.2, -0.15) is 0 Å². The third kappa shape index (κ3) is 2.52. The minimum atomic E-state index is -1.57. The molecule has 0 aromatic carbocycles. The van der Waals surface area contributed by atoms with Gasteiger partial charge in [-0.05, 0) is 0 Å². The van der Waals surface area contributed by atoms with Crippen LogP contribution in [0.5, 0.6) is 0 Å². The van der Waals surface area contributed by atoms with Crippen LogP contribution in [0.1, 0.15) is 6.92 Å². The van der Waals surface area contributed by atoms with E-state index >= 15 is 0 Å². The van der Waals surface area contributed by atoms with Crippen molar-refractivity contribution in [3.8, 4) is 0 Å².